The average molecular weight is 1420 g/mol. The number of alkyl halides is 57. The first-order valence-corrected chi connectivity index (χ1v) is 17.4. The molecule has 0 aliphatic heterocycles. The summed E-state index contributed by atoms with van der Waals surface area (Å²) >= 11 is 0. The smallest absolute Gasteiger partial charge is 0.192 e. The summed E-state index contributed by atoms with van der Waals surface area (Å²) < 4.78 is 789. The molecule has 0 aromatic carbocycles. The lowest BCUT2D eigenvalue weighted by atomic mass is 9.86. The second-order valence-corrected chi connectivity index (χ2v) is 15.5. The van der Waals surface area contributed by atoms with Crippen LogP contribution >= 0.6 is 0 Å². The zero-order valence-electron chi connectivity index (χ0n) is 35.5. The lowest BCUT2D eigenvalue weighted by Crippen LogP contribution is -2.84. The third-order valence-corrected chi connectivity index (χ3v) is 10.1. The highest BCUT2D eigenvalue weighted by atomic mass is 19.5. The van der Waals surface area contributed by atoms with Crippen molar-refractivity contribution in [2.75, 3.05) is 0 Å². The van der Waals surface area contributed by atoms with Gasteiger partial charge in [0.2, 0.25) is 0 Å². The van der Waals surface area contributed by atoms with Gasteiger partial charge in [0.1, 0.15) is 0 Å². The van der Waals surface area contributed by atoms with E-state index >= 15 is 26.3 Å². The minimum Gasteiger partial charge on any atom is -0.192 e. The van der Waals surface area contributed by atoms with Crippen LogP contribution in [0.2, 0.25) is 0 Å². The number of nitrogens with zero attached hydrogens (tertiary/aromatic N) is 1. The molecule has 512 valence electrons. The fourth-order valence-electron chi connectivity index (χ4n) is 5.01. The minimum atomic E-state index is -12.0. The van der Waals surface area contributed by atoms with Crippen molar-refractivity contribution >= 4 is 0 Å². The van der Waals surface area contributed by atoms with Crippen LogP contribution in [0.1, 0.15) is 0 Å². The quantitative estimate of drug-likeness (QED) is 0.0688. The van der Waals surface area contributed by atoms with Crippen molar-refractivity contribution in [3.63, 3.8) is 0 Å². The van der Waals surface area contributed by atoms with E-state index in [0.717, 1.165) is 0 Å². The standard InChI is InChI=1S/C27F57N/c28-1(29,4(34,35)10(46,47)16(58,59)22(70,71)72)7(40,41)13(52,53)19(64,65)25(79,80)85(26(81,82)20(66,67)14(54,55)8(42,43)2(30,31)5(36,37)11(48,49)17(60,61)23(73,74)75)27(83,84)21(68,69)15(56,57)9(44,45)3(32,33)6(38,39)12(50,51)18(62,63)24(76,77)78. The average Bonchev–Trinajstić information content (AvgIpc) is 3.23. The highest BCUT2D eigenvalue weighted by Crippen LogP contribution is 2.73. The van der Waals surface area contributed by atoms with E-state index in [-0.39, 0.29) is 0 Å². The molecule has 0 spiro atoms. The van der Waals surface area contributed by atoms with Gasteiger partial charge in [-0.15, -0.1) is 4.90 Å². The molecular formula is C27F57N. The van der Waals surface area contributed by atoms with Crippen molar-refractivity contribution in [1.82, 2.24) is 4.90 Å². The summed E-state index contributed by atoms with van der Waals surface area (Å²) in [6, 6.07) is -36.1. The third-order valence-electron chi connectivity index (χ3n) is 10.1. The van der Waals surface area contributed by atoms with E-state index in [0.29, 0.717) is 0 Å². The Morgan fingerprint density at radius 3 is 0.247 bits per heavy atom. The summed E-state index contributed by atoms with van der Waals surface area (Å²) in [6.45, 7) is 0. The summed E-state index contributed by atoms with van der Waals surface area (Å²) in [5.74, 6) is -226. The molecule has 1 nitrogen and oxygen atoms in total. The fourth-order valence-corrected chi connectivity index (χ4v) is 5.01. The van der Waals surface area contributed by atoms with Crippen LogP contribution in [0.25, 0.3) is 0 Å². The van der Waals surface area contributed by atoms with Crippen molar-refractivity contribution < 1.29 is 250 Å². The van der Waals surface area contributed by atoms with E-state index in [1.54, 1.807) is 0 Å². The van der Waals surface area contributed by atoms with Gasteiger partial charge in [0.05, 0.1) is 0 Å². The summed E-state index contributed by atoms with van der Waals surface area (Å²) in [6.07, 6.45) is -26.8. The van der Waals surface area contributed by atoms with Gasteiger partial charge in [-0.05, 0) is 0 Å². The van der Waals surface area contributed by atoms with E-state index in [2.05, 4.69) is 0 Å². The summed E-state index contributed by atoms with van der Waals surface area (Å²) in [5, 5.41) is 0. The van der Waals surface area contributed by atoms with Gasteiger partial charge in [0.25, 0.3) is 0 Å². The molecule has 0 unspecified atom stereocenters. The maximum absolute atomic E-state index is 15.1. The Kier molecular flexibility index (Phi) is 18.3. The Morgan fingerprint density at radius 1 is 0.0941 bits per heavy atom. The van der Waals surface area contributed by atoms with Crippen LogP contribution in [0.3, 0.4) is 0 Å². The molecule has 0 amide bonds. The second kappa shape index (κ2) is 19.2. The topological polar surface area (TPSA) is 3.24 Å². The van der Waals surface area contributed by atoms with Gasteiger partial charge in [-0.3, -0.25) is 0 Å². The molecular weight excluding hydrogens is 1420 g/mol. The van der Waals surface area contributed by atoms with Crippen LogP contribution in [0.5, 0.6) is 0 Å². The zero-order valence-corrected chi connectivity index (χ0v) is 35.5. The van der Waals surface area contributed by atoms with E-state index in [9.17, 15) is 224 Å². The molecule has 0 saturated heterocycles. The van der Waals surface area contributed by atoms with Gasteiger partial charge in [-0.1, -0.05) is 0 Å². The number of halogens is 57. The Balaban J connectivity index is 9.92. The largest absolute Gasteiger partial charge is 0.460 e. The van der Waals surface area contributed by atoms with Crippen LogP contribution in [-0.4, -0.2) is 166 Å². The van der Waals surface area contributed by atoms with Crippen LogP contribution in [-0.2, 0) is 0 Å². The van der Waals surface area contributed by atoms with Crippen molar-refractivity contribution in [3.05, 3.63) is 0 Å². The lowest BCUT2D eigenvalue weighted by Gasteiger charge is -2.52. The van der Waals surface area contributed by atoms with Crippen molar-refractivity contribution in [2.24, 2.45) is 0 Å². The lowest BCUT2D eigenvalue weighted by molar-refractivity contribution is -0.536. The van der Waals surface area contributed by atoms with Crippen LogP contribution < -0.4 is 0 Å². The first-order chi connectivity index (χ1) is 35.4. The number of hydrogen-bond donors (Lipinski definition) is 0. The molecule has 0 rings (SSSR count). The Labute approximate surface area is 417 Å². The minimum absolute atomic E-state index is 8.00. The SMILES string of the molecule is FC(F)(F)C(F)(F)C(F)(F)C(F)(F)C(F)(F)C(F)(F)C(F)(F)C(F)(F)C(F)(F)N(C(F)(F)C(F)(F)C(F)(F)C(F)(F)C(F)(F)C(F)(F)C(F)(F)C(F)(F)C(F)(F)F)C(F)(F)C(F)(F)C(F)(F)C(F)(F)C(F)(F)C(F)(F)C(F)(F)C(F)(F)C(F)(F)F. The first kappa shape index (κ1) is 81.0. The van der Waals surface area contributed by atoms with Crippen LogP contribution in [0.4, 0.5) is 250 Å². The predicted octanol–water partition coefficient (Wildman–Crippen LogP) is 18.1. The Hall–Kier alpha value is -4.03. The Morgan fingerprint density at radius 2 is 0.165 bits per heavy atom. The molecule has 0 heterocycles. The number of rotatable bonds is 24. The fraction of sp³-hybridized carbons (Fsp3) is 1.00. The summed E-state index contributed by atoms with van der Waals surface area (Å²) in [4.78, 5) is -8.00. The third kappa shape index (κ3) is 9.19. The molecule has 85 heavy (non-hydrogen) atoms. The monoisotopic (exact) mass is 1420 g/mol. The molecule has 0 fully saturated rings. The Bertz CT molecular complexity index is 2130. The molecule has 0 N–H and O–H groups in total. The van der Waals surface area contributed by atoms with Gasteiger partial charge >= 0.3 is 161 Å². The maximum Gasteiger partial charge on any atom is 0.460 e. The normalized spacial score (nSPS) is 17.6. The molecule has 0 aromatic heterocycles. The van der Waals surface area contributed by atoms with E-state index in [1.165, 1.54) is 0 Å². The van der Waals surface area contributed by atoms with Crippen LogP contribution in [0, 0.1) is 0 Å². The molecule has 0 aliphatic carbocycles. The second-order valence-electron chi connectivity index (χ2n) is 15.5. The molecule has 0 bridgehead atoms. The predicted molar refractivity (Wildman–Crippen MR) is 139 cm³/mol. The summed E-state index contributed by atoms with van der Waals surface area (Å²) in [7, 11) is 0. The molecule has 0 atom stereocenters. The molecule has 0 radical (unpaired) electrons. The van der Waals surface area contributed by atoms with Crippen LogP contribution in [0.15, 0.2) is 0 Å². The number of hydrogen-bond acceptors (Lipinski definition) is 1. The molecule has 58 heteroatoms. The summed E-state index contributed by atoms with van der Waals surface area (Å²) in [5.41, 5.74) is 0. The van der Waals surface area contributed by atoms with Crippen molar-refractivity contribution in [1.29, 1.82) is 0 Å². The van der Waals surface area contributed by atoms with Crippen molar-refractivity contribution in [2.45, 2.75) is 161 Å². The van der Waals surface area contributed by atoms with Gasteiger partial charge in [0.15, 0.2) is 0 Å². The maximum atomic E-state index is 15.1. The molecule has 0 saturated carbocycles. The highest BCUT2D eigenvalue weighted by Gasteiger charge is 3.04. The van der Waals surface area contributed by atoms with Crippen molar-refractivity contribution in [3.8, 4) is 0 Å². The van der Waals surface area contributed by atoms with E-state index in [4.69, 9.17) is 0 Å². The highest BCUT2D eigenvalue weighted by molar-refractivity contribution is 5.23. The van der Waals surface area contributed by atoms with Gasteiger partial charge in [-0.2, -0.15) is 250 Å². The van der Waals surface area contributed by atoms with E-state index in [1.807, 2.05) is 0 Å². The van der Waals surface area contributed by atoms with Gasteiger partial charge in [0, 0.05) is 0 Å². The van der Waals surface area contributed by atoms with E-state index < -0.39 is 166 Å². The molecule has 0 aromatic rings. The van der Waals surface area contributed by atoms with Gasteiger partial charge < -0.3 is 0 Å². The molecule has 0 aliphatic rings. The zero-order chi connectivity index (χ0) is 71.1. The van der Waals surface area contributed by atoms with Gasteiger partial charge in [-0.25, -0.2) is 0 Å². The first-order valence-electron chi connectivity index (χ1n) is 17.4.